The second kappa shape index (κ2) is 6.23. The fourth-order valence-corrected chi connectivity index (χ4v) is 4.41. The van der Waals surface area contributed by atoms with E-state index in [0.29, 0.717) is 30.7 Å². The topological polar surface area (TPSA) is 25.2 Å². The van der Waals surface area contributed by atoms with Crippen LogP contribution < -0.4 is 0 Å². The first kappa shape index (κ1) is 19.3. The monoisotopic (exact) mass is 407 g/mol. The lowest BCUT2D eigenvalue weighted by Crippen LogP contribution is -2.34. The summed E-state index contributed by atoms with van der Waals surface area (Å²) < 4.78 is 97.6. The zero-order chi connectivity index (χ0) is 20.4. The van der Waals surface area contributed by atoms with Crippen LogP contribution in [-0.4, -0.2) is 15.6 Å². The second-order valence-electron chi connectivity index (χ2n) is 7.34. The minimum atomic E-state index is -4.96. The van der Waals surface area contributed by atoms with Gasteiger partial charge in [-0.15, -0.1) is 0 Å². The van der Waals surface area contributed by atoms with Crippen LogP contribution in [0, 0.1) is 11.6 Å². The minimum Gasteiger partial charge on any atom is -0.382 e. The van der Waals surface area contributed by atoms with E-state index in [1.54, 1.807) is 0 Å². The summed E-state index contributed by atoms with van der Waals surface area (Å²) in [4.78, 5) is 0. The predicted octanol–water partition coefficient (Wildman–Crippen LogP) is 5.33. The van der Waals surface area contributed by atoms with Gasteiger partial charge in [-0.2, -0.15) is 13.2 Å². The van der Waals surface area contributed by atoms with Gasteiger partial charge < -0.3 is 9.67 Å². The molecule has 9 heteroatoms. The average Bonchev–Trinajstić information content (AvgIpc) is 2.97. The van der Waals surface area contributed by atoms with E-state index < -0.39 is 53.4 Å². The molecule has 2 nitrogen and oxygen atoms in total. The molecule has 0 saturated heterocycles. The molecular weight excluding hydrogens is 391 g/mol. The van der Waals surface area contributed by atoms with Crippen molar-refractivity contribution in [3.63, 3.8) is 0 Å². The molecule has 2 aromatic rings. The number of aromatic nitrogens is 1. The maximum Gasteiger partial charge on any atom is 0.418 e. The highest BCUT2D eigenvalue weighted by Gasteiger charge is 2.50. The van der Waals surface area contributed by atoms with Crippen molar-refractivity contribution >= 4 is 0 Å². The van der Waals surface area contributed by atoms with Crippen LogP contribution in [0.15, 0.2) is 18.3 Å². The van der Waals surface area contributed by atoms with E-state index in [4.69, 9.17) is 0 Å². The molecule has 0 aliphatic heterocycles. The molecule has 0 bridgehead atoms. The molecule has 1 unspecified atom stereocenters. The van der Waals surface area contributed by atoms with Gasteiger partial charge in [0.05, 0.1) is 11.6 Å². The normalized spacial score (nSPS) is 24.0. The van der Waals surface area contributed by atoms with Crippen molar-refractivity contribution in [2.24, 2.45) is 0 Å². The van der Waals surface area contributed by atoms with Gasteiger partial charge in [0.2, 0.25) is 0 Å². The molecule has 0 spiro atoms. The molecule has 2 atom stereocenters. The molecule has 1 aromatic heterocycles. The van der Waals surface area contributed by atoms with E-state index in [0.717, 1.165) is 10.6 Å². The van der Waals surface area contributed by atoms with Crippen LogP contribution in [0.3, 0.4) is 0 Å². The minimum absolute atomic E-state index is 0.0750. The molecule has 0 fully saturated rings. The summed E-state index contributed by atoms with van der Waals surface area (Å²) >= 11 is 0. The summed E-state index contributed by atoms with van der Waals surface area (Å²) in [6.45, 7) is 0. The number of halogens is 7. The SMILES string of the molecule is OC1c2c(C(F)(F)F)cn([C@@H]3CCCc4cc(F)cc(F)c43)c2CCC1(F)F. The molecule has 4 rings (SSSR count). The molecule has 1 heterocycles. The first-order chi connectivity index (χ1) is 13.0. The van der Waals surface area contributed by atoms with Crippen LogP contribution >= 0.6 is 0 Å². The van der Waals surface area contributed by atoms with E-state index in [9.17, 15) is 35.8 Å². The lowest BCUT2D eigenvalue weighted by molar-refractivity contribution is -0.147. The number of hydrogen-bond acceptors (Lipinski definition) is 1. The van der Waals surface area contributed by atoms with Crippen LogP contribution in [0.4, 0.5) is 30.7 Å². The highest BCUT2D eigenvalue weighted by molar-refractivity contribution is 5.43. The molecule has 0 amide bonds. The highest BCUT2D eigenvalue weighted by Crippen LogP contribution is 2.49. The Balaban J connectivity index is 1.93. The lowest BCUT2D eigenvalue weighted by atomic mass is 9.85. The summed E-state index contributed by atoms with van der Waals surface area (Å²) in [5, 5.41) is 9.94. The predicted molar refractivity (Wildman–Crippen MR) is 85.1 cm³/mol. The number of benzene rings is 1. The van der Waals surface area contributed by atoms with Crippen molar-refractivity contribution in [3.05, 3.63) is 57.9 Å². The smallest absolute Gasteiger partial charge is 0.382 e. The average molecular weight is 407 g/mol. The van der Waals surface area contributed by atoms with Gasteiger partial charge >= 0.3 is 6.18 Å². The third-order valence-corrected chi connectivity index (χ3v) is 5.63. The Labute approximate surface area is 155 Å². The van der Waals surface area contributed by atoms with E-state index >= 15 is 0 Å². The third-order valence-electron chi connectivity index (χ3n) is 5.63. The standard InChI is InChI=1S/C19H16F7NO/c20-10-6-9-2-1-3-13(15(9)12(21)7-10)27-8-11(19(24,25)26)16-14(27)4-5-18(22,23)17(16)28/h6-8,13,17,28H,1-5H2/t13-,17?/m1/s1. The quantitative estimate of drug-likeness (QED) is 0.636. The highest BCUT2D eigenvalue weighted by atomic mass is 19.4. The number of aliphatic hydroxyl groups excluding tert-OH is 1. The zero-order valence-corrected chi connectivity index (χ0v) is 14.5. The maximum atomic E-state index is 14.5. The van der Waals surface area contributed by atoms with Gasteiger partial charge in [-0.1, -0.05) is 0 Å². The number of nitrogens with zero attached hydrogens (tertiary/aromatic N) is 1. The molecule has 1 N–H and O–H groups in total. The van der Waals surface area contributed by atoms with Crippen LogP contribution in [0.5, 0.6) is 0 Å². The lowest BCUT2D eigenvalue weighted by Gasteiger charge is -2.33. The van der Waals surface area contributed by atoms with Crippen molar-refractivity contribution in [1.82, 2.24) is 4.57 Å². The van der Waals surface area contributed by atoms with E-state index in [1.807, 2.05) is 0 Å². The van der Waals surface area contributed by atoms with Crippen molar-refractivity contribution in [2.45, 2.75) is 56.3 Å². The van der Waals surface area contributed by atoms with Crippen LogP contribution in [0.2, 0.25) is 0 Å². The fourth-order valence-electron chi connectivity index (χ4n) is 4.41. The maximum absolute atomic E-state index is 14.5. The number of alkyl halides is 5. The number of hydrogen-bond donors (Lipinski definition) is 1. The summed E-state index contributed by atoms with van der Waals surface area (Å²) in [5.41, 5.74) is -1.84. The van der Waals surface area contributed by atoms with Crippen molar-refractivity contribution < 1.29 is 35.8 Å². The Morgan fingerprint density at radius 3 is 2.46 bits per heavy atom. The Bertz CT molecular complexity index is 931. The van der Waals surface area contributed by atoms with Crippen molar-refractivity contribution in [1.29, 1.82) is 0 Å². The molecule has 28 heavy (non-hydrogen) atoms. The third kappa shape index (κ3) is 2.91. The molecule has 0 radical (unpaired) electrons. The fraction of sp³-hybridized carbons (Fsp3) is 0.474. The van der Waals surface area contributed by atoms with E-state index in [2.05, 4.69) is 0 Å². The van der Waals surface area contributed by atoms with Gasteiger partial charge in [-0.05, 0) is 37.3 Å². The molecule has 1 aromatic carbocycles. The summed E-state index contributed by atoms with van der Waals surface area (Å²) in [7, 11) is 0. The summed E-state index contributed by atoms with van der Waals surface area (Å²) in [6, 6.07) is 0.933. The number of rotatable bonds is 1. The Kier molecular flexibility index (Phi) is 4.30. The summed E-state index contributed by atoms with van der Waals surface area (Å²) in [6.07, 6.45) is -6.93. The van der Waals surface area contributed by atoms with Gasteiger partial charge in [0.15, 0.2) is 0 Å². The second-order valence-corrected chi connectivity index (χ2v) is 7.34. The van der Waals surface area contributed by atoms with E-state index in [1.165, 1.54) is 0 Å². The molecule has 152 valence electrons. The molecular formula is C19H16F7NO. The van der Waals surface area contributed by atoms with Crippen LogP contribution in [-0.2, 0) is 19.0 Å². The number of fused-ring (bicyclic) bond motifs is 2. The van der Waals surface area contributed by atoms with Gasteiger partial charge in [-0.3, -0.25) is 0 Å². The van der Waals surface area contributed by atoms with Crippen LogP contribution in [0.25, 0.3) is 0 Å². The van der Waals surface area contributed by atoms with Crippen molar-refractivity contribution in [2.75, 3.05) is 0 Å². The van der Waals surface area contributed by atoms with E-state index in [-0.39, 0.29) is 24.1 Å². The summed E-state index contributed by atoms with van der Waals surface area (Å²) in [5.74, 6) is -5.34. The first-order valence-electron chi connectivity index (χ1n) is 8.85. The Morgan fingerprint density at radius 1 is 1.07 bits per heavy atom. The van der Waals surface area contributed by atoms with Gasteiger partial charge in [0.1, 0.15) is 17.7 Å². The number of aliphatic hydroxyl groups is 1. The Morgan fingerprint density at radius 2 is 1.79 bits per heavy atom. The largest absolute Gasteiger partial charge is 0.418 e. The van der Waals surface area contributed by atoms with Gasteiger partial charge in [-0.25, -0.2) is 17.6 Å². The molecule has 2 aliphatic carbocycles. The molecule has 2 aliphatic rings. The zero-order valence-electron chi connectivity index (χ0n) is 14.5. The van der Waals surface area contributed by atoms with Crippen molar-refractivity contribution in [3.8, 4) is 0 Å². The van der Waals surface area contributed by atoms with Crippen LogP contribution in [0.1, 0.15) is 59.4 Å². The Hall–Kier alpha value is -2.03. The first-order valence-corrected chi connectivity index (χ1v) is 8.85. The molecule has 0 saturated carbocycles. The van der Waals surface area contributed by atoms with Gasteiger partial charge in [0, 0.05) is 35.5 Å². The number of aryl methyl sites for hydroxylation is 1. The van der Waals surface area contributed by atoms with Gasteiger partial charge in [0.25, 0.3) is 5.92 Å².